The minimum atomic E-state index is 0.378. The number of hydrogen-bond donors (Lipinski definition) is 0. The fraction of sp³-hybridized carbons (Fsp3) is 0.500. The molecule has 90 valence electrons. The van der Waals surface area contributed by atoms with Crippen molar-refractivity contribution < 1.29 is 4.74 Å². The summed E-state index contributed by atoms with van der Waals surface area (Å²) >= 11 is 0. The Labute approximate surface area is 100 Å². The molecule has 2 atom stereocenters. The lowest BCUT2D eigenvalue weighted by atomic mass is 9.98. The van der Waals surface area contributed by atoms with E-state index in [0.29, 0.717) is 12.0 Å². The van der Waals surface area contributed by atoms with E-state index in [-0.39, 0.29) is 0 Å². The quantitative estimate of drug-likeness (QED) is 0.791. The van der Waals surface area contributed by atoms with Crippen LogP contribution in [0.4, 0.5) is 0 Å². The highest BCUT2D eigenvalue weighted by Crippen LogP contribution is 2.27. The zero-order valence-electron chi connectivity index (χ0n) is 9.86. The Morgan fingerprint density at radius 1 is 1.35 bits per heavy atom. The number of nitrogens with zero attached hydrogens (tertiary/aromatic N) is 4. The number of hydrogen-bond acceptors (Lipinski definition) is 3. The van der Waals surface area contributed by atoms with Crippen molar-refractivity contribution in [3.05, 3.63) is 30.9 Å². The van der Waals surface area contributed by atoms with E-state index in [1.807, 2.05) is 33.8 Å². The van der Waals surface area contributed by atoms with Gasteiger partial charge in [0.1, 0.15) is 6.33 Å². The zero-order chi connectivity index (χ0) is 11.7. The van der Waals surface area contributed by atoms with E-state index in [1.54, 1.807) is 6.33 Å². The Kier molecular flexibility index (Phi) is 2.68. The molecule has 1 aliphatic heterocycles. The lowest BCUT2D eigenvalue weighted by molar-refractivity contribution is 0.0249. The van der Waals surface area contributed by atoms with Gasteiger partial charge in [0, 0.05) is 24.9 Å². The molecule has 2 aromatic rings. The molecule has 3 heterocycles. The van der Waals surface area contributed by atoms with E-state index in [4.69, 9.17) is 4.74 Å². The van der Waals surface area contributed by atoms with Crippen LogP contribution < -0.4 is 0 Å². The van der Waals surface area contributed by atoms with E-state index in [9.17, 15) is 0 Å². The minimum Gasteiger partial charge on any atom is -0.381 e. The maximum Gasteiger partial charge on any atom is 0.232 e. The molecule has 0 N–H and O–H groups in total. The van der Waals surface area contributed by atoms with Crippen LogP contribution in [0.25, 0.3) is 5.95 Å². The van der Waals surface area contributed by atoms with Crippen molar-refractivity contribution in [2.75, 3.05) is 13.2 Å². The molecule has 0 radical (unpaired) electrons. The molecule has 2 unspecified atom stereocenters. The molecular formula is C12H16N4O. The summed E-state index contributed by atoms with van der Waals surface area (Å²) in [5.41, 5.74) is 0. The summed E-state index contributed by atoms with van der Waals surface area (Å²) in [5.74, 6) is 1.36. The van der Waals surface area contributed by atoms with E-state index >= 15 is 0 Å². The van der Waals surface area contributed by atoms with Crippen molar-refractivity contribution in [1.29, 1.82) is 0 Å². The molecule has 2 aromatic heterocycles. The highest BCUT2D eigenvalue weighted by molar-refractivity contribution is 5.14. The molecule has 3 rings (SSSR count). The van der Waals surface area contributed by atoms with Gasteiger partial charge in [0.05, 0.1) is 12.6 Å². The van der Waals surface area contributed by atoms with Gasteiger partial charge >= 0.3 is 0 Å². The summed E-state index contributed by atoms with van der Waals surface area (Å²) in [5, 5.41) is 4.38. The van der Waals surface area contributed by atoms with Gasteiger partial charge in [0.2, 0.25) is 5.95 Å². The molecule has 0 aromatic carbocycles. The van der Waals surface area contributed by atoms with E-state index in [2.05, 4.69) is 17.0 Å². The molecule has 1 saturated heterocycles. The van der Waals surface area contributed by atoms with Crippen molar-refractivity contribution in [3.63, 3.8) is 0 Å². The van der Waals surface area contributed by atoms with Crippen molar-refractivity contribution in [1.82, 2.24) is 19.3 Å². The Morgan fingerprint density at radius 2 is 2.18 bits per heavy atom. The van der Waals surface area contributed by atoms with Gasteiger partial charge in [-0.25, -0.2) is 4.68 Å². The molecule has 5 nitrogen and oxygen atoms in total. The molecule has 5 heteroatoms. The third-order valence-electron chi connectivity index (χ3n) is 3.30. The summed E-state index contributed by atoms with van der Waals surface area (Å²) in [4.78, 5) is 4.34. The topological polar surface area (TPSA) is 44.9 Å². The first-order valence-corrected chi connectivity index (χ1v) is 5.97. The van der Waals surface area contributed by atoms with Gasteiger partial charge in [-0.05, 0) is 18.6 Å². The number of rotatable bonds is 2. The van der Waals surface area contributed by atoms with Crippen LogP contribution in [0, 0.1) is 5.92 Å². The Bertz CT molecular complexity index is 476. The molecule has 0 saturated carbocycles. The third kappa shape index (κ3) is 1.86. The standard InChI is InChI=1S/C12H16N4O/c1-10-8-17-7-4-11(10)16-12(13-9-14-16)15-5-2-3-6-15/h2-3,5-6,9-11H,4,7-8H2,1H3. The molecule has 0 spiro atoms. The van der Waals surface area contributed by atoms with Crippen LogP contribution in [-0.4, -0.2) is 32.5 Å². The van der Waals surface area contributed by atoms with Crippen LogP contribution in [0.1, 0.15) is 19.4 Å². The summed E-state index contributed by atoms with van der Waals surface area (Å²) in [6, 6.07) is 4.36. The highest BCUT2D eigenvalue weighted by atomic mass is 16.5. The Hall–Kier alpha value is -1.62. The maximum atomic E-state index is 5.47. The third-order valence-corrected chi connectivity index (χ3v) is 3.30. The number of ether oxygens (including phenoxy) is 1. The van der Waals surface area contributed by atoms with Gasteiger partial charge in [0.15, 0.2) is 0 Å². The minimum absolute atomic E-state index is 0.378. The molecule has 0 bridgehead atoms. The average Bonchev–Trinajstić information content (AvgIpc) is 3.00. The van der Waals surface area contributed by atoms with Crippen molar-refractivity contribution in [2.24, 2.45) is 5.92 Å². The van der Waals surface area contributed by atoms with E-state index in [1.165, 1.54) is 0 Å². The molecule has 1 aliphatic rings. The summed E-state index contributed by atoms with van der Waals surface area (Å²) < 4.78 is 9.49. The Morgan fingerprint density at radius 3 is 2.94 bits per heavy atom. The van der Waals surface area contributed by atoms with Crippen LogP contribution >= 0.6 is 0 Å². The zero-order valence-corrected chi connectivity index (χ0v) is 9.86. The van der Waals surface area contributed by atoms with Crippen LogP contribution in [0.3, 0.4) is 0 Å². The van der Waals surface area contributed by atoms with E-state index in [0.717, 1.165) is 25.6 Å². The van der Waals surface area contributed by atoms with Gasteiger partial charge in [-0.15, -0.1) is 0 Å². The van der Waals surface area contributed by atoms with Crippen molar-refractivity contribution in [2.45, 2.75) is 19.4 Å². The Balaban J connectivity index is 1.95. The van der Waals surface area contributed by atoms with Crippen LogP contribution in [0.15, 0.2) is 30.9 Å². The molecule has 1 fully saturated rings. The van der Waals surface area contributed by atoms with Crippen LogP contribution in [-0.2, 0) is 4.74 Å². The van der Waals surface area contributed by atoms with E-state index < -0.39 is 0 Å². The number of aromatic nitrogens is 4. The van der Waals surface area contributed by atoms with Gasteiger partial charge in [-0.1, -0.05) is 6.92 Å². The lowest BCUT2D eigenvalue weighted by Crippen LogP contribution is -2.29. The summed E-state index contributed by atoms with van der Waals surface area (Å²) in [6.45, 7) is 3.81. The van der Waals surface area contributed by atoms with Crippen molar-refractivity contribution >= 4 is 0 Å². The monoisotopic (exact) mass is 232 g/mol. The van der Waals surface area contributed by atoms with Crippen LogP contribution in [0.2, 0.25) is 0 Å². The van der Waals surface area contributed by atoms with Gasteiger partial charge in [-0.2, -0.15) is 10.1 Å². The fourth-order valence-electron chi connectivity index (χ4n) is 2.36. The first-order chi connectivity index (χ1) is 8.36. The van der Waals surface area contributed by atoms with Crippen LogP contribution in [0.5, 0.6) is 0 Å². The average molecular weight is 232 g/mol. The lowest BCUT2D eigenvalue weighted by Gasteiger charge is -2.29. The second kappa shape index (κ2) is 4.33. The summed E-state index contributed by atoms with van der Waals surface area (Å²) in [7, 11) is 0. The fourth-order valence-corrected chi connectivity index (χ4v) is 2.36. The van der Waals surface area contributed by atoms with Gasteiger partial charge < -0.3 is 4.74 Å². The second-order valence-corrected chi connectivity index (χ2v) is 4.50. The highest BCUT2D eigenvalue weighted by Gasteiger charge is 2.26. The smallest absolute Gasteiger partial charge is 0.232 e. The predicted octanol–water partition coefficient (Wildman–Crippen LogP) is 1.67. The molecule has 17 heavy (non-hydrogen) atoms. The van der Waals surface area contributed by atoms with Gasteiger partial charge in [-0.3, -0.25) is 4.57 Å². The molecule has 0 aliphatic carbocycles. The maximum absolute atomic E-state index is 5.47. The van der Waals surface area contributed by atoms with Crippen molar-refractivity contribution in [3.8, 4) is 5.95 Å². The SMILES string of the molecule is CC1COCCC1n1ncnc1-n1cccc1. The largest absolute Gasteiger partial charge is 0.381 e. The van der Waals surface area contributed by atoms with Gasteiger partial charge in [0.25, 0.3) is 0 Å². The predicted molar refractivity (Wildman–Crippen MR) is 63.0 cm³/mol. The second-order valence-electron chi connectivity index (χ2n) is 4.50. The first-order valence-electron chi connectivity index (χ1n) is 5.97. The summed E-state index contributed by atoms with van der Waals surface area (Å²) in [6.07, 6.45) is 6.60. The first kappa shape index (κ1) is 10.5. The normalized spacial score (nSPS) is 25.0. The molecular weight excluding hydrogens is 216 g/mol. The molecule has 0 amide bonds.